The Kier molecular flexibility index (Phi) is 2.70. The van der Waals surface area contributed by atoms with Gasteiger partial charge in [-0.2, -0.15) is 0 Å². The largest absolute Gasteiger partial charge is 0.364 e. The first-order valence-electron chi connectivity index (χ1n) is 6.40. The SMILES string of the molecule is CNC(=O)c1ccc(N2CCN[C@H]3[C@@H](C)[C@H]32)cn1. The van der Waals surface area contributed by atoms with Crippen molar-refractivity contribution in [2.45, 2.75) is 19.0 Å². The molecule has 1 aromatic rings. The number of pyridine rings is 1. The second kappa shape index (κ2) is 4.24. The van der Waals surface area contributed by atoms with Crippen molar-refractivity contribution in [2.75, 3.05) is 25.0 Å². The standard InChI is InChI=1S/C13H18N4O/c1-8-11-12(8)17(6-5-15-11)9-3-4-10(16-7-9)13(18)14-2/h3-4,7-8,11-12,15H,5-6H2,1-2H3,(H,14,18)/t8-,11+,12-/m1/s1. The third kappa shape index (κ3) is 1.75. The van der Waals surface area contributed by atoms with Crippen LogP contribution in [0.5, 0.6) is 0 Å². The summed E-state index contributed by atoms with van der Waals surface area (Å²) in [6.07, 6.45) is 1.80. The van der Waals surface area contributed by atoms with Crippen LogP contribution in [0.15, 0.2) is 18.3 Å². The van der Waals surface area contributed by atoms with Crippen molar-refractivity contribution in [3.05, 3.63) is 24.0 Å². The van der Waals surface area contributed by atoms with Gasteiger partial charge in [0, 0.05) is 32.2 Å². The molecule has 1 aliphatic carbocycles. The molecule has 0 bridgehead atoms. The molecule has 18 heavy (non-hydrogen) atoms. The second-order valence-electron chi connectivity index (χ2n) is 5.00. The van der Waals surface area contributed by atoms with Gasteiger partial charge in [0.2, 0.25) is 0 Å². The molecular weight excluding hydrogens is 228 g/mol. The molecule has 0 spiro atoms. The van der Waals surface area contributed by atoms with E-state index < -0.39 is 0 Å². The van der Waals surface area contributed by atoms with Gasteiger partial charge in [-0.05, 0) is 18.1 Å². The van der Waals surface area contributed by atoms with Crippen molar-refractivity contribution >= 4 is 11.6 Å². The van der Waals surface area contributed by atoms with E-state index in [-0.39, 0.29) is 5.91 Å². The number of carbonyl (C=O) groups excluding carboxylic acids is 1. The maximum absolute atomic E-state index is 11.4. The lowest BCUT2D eigenvalue weighted by molar-refractivity contribution is 0.0958. The van der Waals surface area contributed by atoms with Crippen LogP contribution in [0.4, 0.5) is 5.69 Å². The number of rotatable bonds is 2. The first-order chi connectivity index (χ1) is 8.72. The number of carbonyl (C=O) groups is 1. The molecule has 96 valence electrons. The molecule has 2 N–H and O–H groups in total. The molecule has 3 atom stereocenters. The molecule has 3 rings (SSSR count). The van der Waals surface area contributed by atoms with Crippen LogP contribution in [0.25, 0.3) is 0 Å². The van der Waals surface area contributed by atoms with Crippen LogP contribution in [-0.2, 0) is 0 Å². The Balaban J connectivity index is 1.78. The highest BCUT2D eigenvalue weighted by Crippen LogP contribution is 2.40. The molecule has 1 amide bonds. The van der Waals surface area contributed by atoms with Crippen molar-refractivity contribution < 1.29 is 4.79 Å². The lowest BCUT2D eigenvalue weighted by Crippen LogP contribution is -2.43. The van der Waals surface area contributed by atoms with E-state index in [0.717, 1.165) is 18.8 Å². The normalized spacial score (nSPS) is 29.7. The van der Waals surface area contributed by atoms with Crippen molar-refractivity contribution in [3.8, 4) is 0 Å². The van der Waals surface area contributed by atoms with E-state index in [2.05, 4.69) is 27.4 Å². The summed E-state index contributed by atoms with van der Waals surface area (Å²) < 4.78 is 0. The molecular formula is C13H18N4O. The lowest BCUT2D eigenvalue weighted by Gasteiger charge is -2.29. The summed E-state index contributed by atoms with van der Waals surface area (Å²) in [5.41, 5.74) is 1.58. The van der Waals surface area contributed by atoms with E-state index in [9.17, 15) is 4.79 Å². The zero-order valence-electron chi connectivity index (χ0n) is 10.7. The summed E-state index contributed by atoms with van der Waals surface area (Å²) in [5.74, 6) is 0.561. The first-order valence-corrected chi connectivity index (χ1v) is 6.40. The van der Waals surface area contributed by atoms with Crippen molar-refractivity contribution in [2.24, 2.45) is 5.92 Å². The van der Waals surface area contributed by atoms with Crippen LogP contribution in [0.2, 0.25) is 0 Å². The molecule has 0 radical (unpaired) electrons. The number of amides is 1. The summed E-state index contributed by atoms with van der Waals surface area (Å²) in [7, 11) is 1.62. The summed E-state index contributed by atoms with van der Waals surface area (Å²) in [6, 6.07) is 4.99. The van der Waals surface area contributed by atoms with E-state index >= 15 is 0 Å². The highest BCUT2D eigenvalue weighted by molar-refractivity contribution is 5.92. The average Bonchev–Trinajstić information content (AvgIpc) is 3.09. The quantitative estimate of drug-likeness (QED) is 0.785. The number of piperazine rings is 1. The summed E-state index contributed by atoms with van der Waals surface area (Å²) in [4.78, 5) is 18.1. The van der Waals surface area contributed by atoms with Crippen LogP contribution in [0.3, 0.4) is 0 Å². The fourth-order valence-electron chi connectivity index (χ4n) is 2.85. The first kappa shape index (κ1) is 11.5. The molecule has 1 aliphatic heterocycles. The highest BCUT2D eigenvalue weighted by Gasteiger charge is 2.52. The number of hydrogen-bond acceptors (Lipinski definition) is 4. The predicted octanol–water partition coefficient (Wildman–Crippen LogP) is 0.238. The van der Waals surface area contributed by atoms with Crippen molar-refractivity contribution in [3.63, 3.8) is 0 Å². The van der Waals surface area contributed by atoms with E-state index in [1.165, 1.54) is 0 Å². The van der Waals surface area contributed by atoms with Gasteiger partial charge < -0.3 is 15.5 Å². The smallest absolute Gasteiger partial charge is 0.269 e. The number of aromatic nitrogens is 1. The highest BCUT2D eigenvalue weighted by atomic mass is 16.1. The van der Waals surface area contributed by atoms with Crippen LogP contribution in [0, 0.1) is 5.92 Å². The Morgan fingerprint density at radius 1 is 1.56 bits per heavy atom. The number of nitrogens with one attached hydrogen (secondary N) is 2. The topological polar surface area (TPSA) is 57.3 Å². The van der Waals surface area contributed by atoms with Gasteiger partial charge in [0.1, 0.15) is 5.69 Å². The van der Waals surface area contributed by atoms with Gasteiger partial charge in [0.15, 0.2) is 0 Å². The Morgan fingerprint density at radius 2 is 2.39 bits per heavy atom. The Morgan fingerprint density at radius 3 is 3.06 bits per heavy atom. The van der Waals surface area contributed by atoms with Gasteiger partial charge in [-0.25, -0.2) is 4.98 Å². The zero-order valence-corrected chi connectivity index (χ0v) is 10.7. The number of hydrogen-bond donors (Lipinski definition) is 2. The van der Waals surface area contributed by atoms with Gasteiger partial charge in [-0.1, -0.05) is 6.92 Å². The lowest BCUT2D eigenvalue weighted by atomic mass is 10.2. The van der Waals surface area contributed by atoms with Crippen LogP contribution >= 0.6 is 0 Å². The molecule has 0 aromatic carbocycles. The van der Waals surface area contributed by atoms with Gasteiger partial charge in [0.25, 0.3) is 5.91 Å². The molecule has 1 saturated heterocycles. The van der Waals surface area contributed by atoms with Crippen LogP contribution < -0.4 is 15.5 Å². The monoisotopic (exact) mass is 246 g/mol. The Bertz CT molecular complexity index is 459. The molecule has 1 aromatic heterocycles. The van der Waals surface area contributed by atoms with Crippen molar-refractivity contribution in [1.82, 2.24) is 15.6 Å². The number of fused-ring (bicyclic) bond motifs is 1. The fraction of sp³-hybridized carbons (Fsp3) is 0.538. The molecule has 2 fully saturated rings. The van der Waals surface area contributed by atoms with Gasteiger partial charge in [-0.15, -0.1) is 0 Å². The summed E-state index contributed by atoms with van der Waals surface area (Å²) >= 11 is 0. The van der Waals surface area contributed by atoms with E-state index in [4.69, 9.17) is 0 Å². The van der Waals surface area contributed by atoms with E-state index in [0.29, 0.717) is 23.7 Å². The van der Waals surface area contributed by atoms with E-state index in [1.54, 1.807) is 19.3 Å². The molecule has 5 nitrogen and oxygen atoms in total. The predicted molar refractivity (Wildman–Crippen MR) is 69.7 cm³/mol. The van der Waals surface area contributed by atoms with Crippen molar-refractivity contribution in [1.29, 1.82) is 0 Å². The van der Waals surface area contributed by atoms with Crippen LogP contribution in [-0.4, -0.2) is 43.1 Å². The van der Waals surface area contributed by atoms with Gasteiger partial charge in [-0.3, -0.25) is 4.79 Å². The molecule has 5 heteroatoms. The van der Waals surface area contributed by atoms with Crippen LogP contribution in [0.1, 0.15) is 17.4 Å². The zero-order chi connectivity index (χ0) is 12.7. The van der Waals surface area contributed by atoms with Gasteiger partial charge >= 0.3 is 0 Å². The third-order valence-electron chi connectivity index (χ3n) is 3.96. The summed E-state index contributed by atoms with van der Waals surface area (Å²) in [5, 5.41) is 6.10. The Hall–Kier alpha value is -1.62. The minimum atomic E-state index is -0.139. The Labute approximate surface area is 107 Å². The molecule has 2 heterocycles. The molecule has 2 aliphatic rings. The minimum absolute atomic E-state index is 0.139. The number of anilines is 1. The van der Waals surface area contributed by atoms with E-state index in [1.807, 2.05) is 6.07 Å². The third-order valence-corrected chi connectivity index (χ3v) is 3.96. The molecule has 0 unspecified atom stereocenters. The maximum atomic E-state index is 11.4. The maximum Gasteiger partial charge on any atom is 0.269 e. The number of nitrogens with zero attached hydrogens (tertiary/aromatic N) is 2. The minimum Gasteiger partial charge on any atom is -0.364 e. The average molecular weight is 246 g/mol. The fourth-order valence-corrected chi connectivity index (χ4v) is 2.85. The van der Waals surface area contributed by atoms with Gasteiger partial charge in [0.05, 0.1) is 11.9 Å². The second-order valence-corrected chi connectivity index (χ2v) is 5.00. The summed E-state index contributed by atoms with van der Waals surface area (Å²) in [6.45, 7) is 4.29. The molecule has 1 saturated carbocycles.